The zero-order chi connectivity index (χ0) is 22.0. The normalized spacial score (nSPS) is 14.6. The smallest absolute Gasteiger partial charge is 0.259 e. The van der Waals surface area contributed by atoms with Gasteiger partial charge in [-0.3, -0.25) is 9.69 Å². The van der Waals surface area contributed by atoms with Gasteiger partial charge in [-0.05, 0) is 43.7 Å². The Labute approximate surface area is 184 Å². The number of anilines is 1. The van der Waals surface area contributed by atoms with Crippen molar-refractivity contribution in [3.63, 3.8) is 0 Å². The fraction of sp³-hybridized carbons (Fsp3) is 0.304. The second kappa shape index (κ2) is 9.20. The lowest BCUT2D eigenvalue weighted by Gasteiger charge is -2.26. The Morgan fingerprint density at radius 1 is 1.13 bits per heavy atom. The maximum absolute atomic E-state index is 14.2. The molecule has 1 fully saturated rings. The van der Waals surface area contributed by atoms with Gasteiger partial charge in [0.1, 0.15) is 11.5 Å². The summed E-state index contributed by atoms with van der Waals surface area (Å²) in [5.74, 6) is 0.585. The van der Waals surface area contributed by atoms with E-state index in [0.717, 1.165) is 42.8 Å². The summed E-state index contributed by atoms with van der Waals surface area (Å²) in [5.41, 5.74) is 3.28. The Balaban J connectivity index is 1.54. The van der Waals surface area contributed by atoms with Gasteiger partial charge in [0.15, 0.2) is 5.82 Å². The third-order valence-electron chi connectivity index (χ3n) is 5.35. The molecule has 31 heavy (non-hydrogen) atoms. The molecule has 1 saturated heterocycles. The number of hydrogen-bond acceptors (Lipinski definition) is 4. The van der Waals surface area contributed by atoms with E-state index in [1.54, 1.807) is 13.8 Å². The molecule has 4 rings (SSSR count). The summed E-state index contributed by atoms with van der Waals surface area (Å²) in [7, 11) is 0. The van der Waals surface area contributed by atoms with Gasteiger partial charge < -0.3 is 5.32 Å². The maximum Gasteiger partial charge on any atom is 0.259 e. The van der Waals surface area contributed by atoms with E-state index in [2.05, 4.69) is 21.4 Å². The highest BCUT2D eigenvalue weighted by Crippen LogP contribution is 2.23. The highest BCUT2D eigenvalue weighted by Gasteiger charge is 2.21. The fourth-order valence-corrected chi connectivity index (χ4v) is 4.80. The van der Waals surface area contributed by atoms with E-state index in [9.17, 15) is 13.6 Å². The van der Waals surface area contributed by atoms with Crippen molar-refractivity contribution >= 4 is 23.4 Å². The average Bonchev–Trinajstić information content (AvgIpc) is 3.03. The quantitative estimate of drug-likeness (QED) is 0.629. The molecule has 1 aliphatic rings. The summed E-state index contributed by atoms with van der Waals surface area (Å²) < 4.78 is 28.8. The monoisotopic (exact) mass is 442 g/mol. The van der Waals surface area contributed by atoms with Crippen molar-refractivity contribution in [2.24, 2.45) is 0 Å². The summed E-state index contributed by atoms with van der Waals surface area (Å²) in [4.78, 5) is 15.4. The minimum atomic E-state index is -0.735. The molecule has 0 unspecified atom stereocenters. The fourth-order valence-electron chi connectivity index (χ4n) is 3.82. The summed E-state index contributed by atoms with van der Waals surface area (Å²) in [5, 5.41) is 7.25. The van der Waals surface area contributed by atoms with E-state index >= 15 is 0 Å². The number of nitrogens with one attached hydrogen (secondary N) is 1. The molecule has 2 heterocycles. The second-order valence-electron chi connectivity index (χ2n) is 7.60. The number of aryl methyl sites for hydroxylation is 1. The van der Waals surface area contributed by atoms with Gasteiger partial charge in [0, 0.05) is 42.9 Å². The van der Waals surface area contributed by atoms with Crippen molar-refractivity contribution in [2.45, 2.75) is 20.4 Å². The van der Waals surface area contributed by atoms with Crippen LogP contribution < -0.4 is 5.32 Å². The number of amides is 1. The predicted octanol–water partition coefficient (Wildman–Crippen LogP) is 4.57. The van der Waals surface area contributed by atoms with Crippen LogP contribution in [0.25, 0.3) is 5.69 Å². The SMILES string of the molecule is Cc1nn(-c2ccc(F)cc2F)c(C)c1C(=O)Nc1cccc(CN2CCSCC2)c1. The molecule has 0 aliphatic carbocycles. The van der Waals surface area contributed by atoms with E-state index in [1.165, 1.54) is 16.8 Å². The van der Waals surface area contributed by atoms with Crippen LogP contribution >= 0.6 is 11.8 Å². The first-order valence-corrected chi connectivity index (χ1v) is 11.3. The Kier molecular flexibility index (Phi) is 6.38. The van der Waals surface area contributed by atoms with Gasteiger partial charge in [-0.2, -0.15) is 16.9 Å². The van der Waals surface area contributed by atoms with Crippen LogP contribution in [0.5, 0.6) is 0 Å². The first-order chi connectivity index (χ1) is 14.9. The molecule has 0 spiro atoms. The van der Waals surface area contributed by atoms with Crippen molar-refractivity contribution in [3.8, 4) is 5.69 Å². The molecular formula is C23H24F2N4OS. The summed E-state index contributed by atoms with van der Waals surface area (Å²) in [6.45, 7) is 6.38. The molecule has 3 aromatic rings. The molecule has 2 aromatic carbocycles. The highest BCUT2D eigenvalue weighted by atomic mass is 32.2. The predicted molar refractivity (Wildman–Crippen MR) is 120 cm³/mol. The van der Waals surface area contributed by atoms with E-state index in [1.807, 2.05) is 30.0 Å². The first kappa shape index (κ1) is 21.5. The van der Waals surface area contributed by atoms with Gasteiger partial charge in [0.25, 0.3) is 5.91 Å². The Bertz CT molecular complexity index is 1110. The lowest BCUT2D eigenvalue weighted by Crippen LogP contribution is -2.31. The Hall–Kier alpha value is -2.71. The minimum absolute atomic E-state index is 0.0998. The molecule has 162 valence electrons. The number of nitrogens with zero attached hydrogens (tertiary/aromatic N) is 3. The van der Waals surface area contributed by atoms with Crippen molar-refractivity contribution in [3.05, 3.63) is 76.6 Å². The number of carbonyl (C=O) groups excluding carboxylic acids is 1. The molecule has 1 aromatic heterocycles. The largest absolute Gasteiger partial charge is 0.322 e. The molecule has 8 heteroatoms. The lowest BCUT2D eigenvalue weighted by atomic mass is 10.1. The number of thioether (sulfide) groups is 1. The van der Waals surface area contributed by atoms with Gasteiger partial charge in [0.2, 0.25) is 0 Å². The molecule has 5 nitrogen and oxygen atoms in total. The maximum atomic E-state index is 14.2. The highest BCUT2D eigenvalue weighted by molar-refractivity contribution is 7.99. The standard InChI is InChI=1S/C23H24F2N4OS/c1-15-22(16(2)29(27-15)21-7-6-18(24)13-20(21)25)23(30)26-19-5-3-4-17(12-19)14-28-8-10-31-11-9-28/h3-7,12-13H,8-11,14H2,1-2H3,(H,26,30). The van der Waals surface area contributed by atoms with E-state index in [-0.39, 0.29) is 11.6 Å². The van der Waals surface area contributed by atoms with Crippen molar-refractivity contribution in [1.82, 2.24) is 14.7 Å². The first-order valence-electron chi connectivity index (χ1n) is 10.1. The number of aromatic nitrogens is 2. The Morgan fingerprint density at radius 3 is 2.65 bits per heavy atom. The van der Waals surface area contributed by atoms with E-state index in [4.69, 9.17) is 0 Å². The van der Waals surface area contributed by atoms with Crippen LogP contribution in [0, 0.1) is 25.5 Å². The molecule has 0 saturated carbocycles. The van der Waals surface area contributed by atoms with E-state index < -0.39 is 11.6 Å². The molecule has 0 atom stereocenters. The number of halogens is 2. The third-order valence-corrected chi connectivity index (χ3v) is 6.29. The minimum Gasteiger partial charge on any atom is -0.322 e. The van der Waals surface area contributed by atoms with Gasteiger partial charge in [0.05, 0.1) is 17.0 Å². The topological polar surface area (TPSA) is 50.2 Å². The van der Waals surface area contributed by atoms with Crippen molar-refractivity contribution in [1.29, 1.82) is 0 Å². The zero-order valence-corrected chi connectivity index (χ0v) is 18.3. The van der Waals surface area contributed by atoms with Gasteiger partial charge in [-0.15, -0.1) is 0 Å². The van der Waals surface area contributed by atoms with E-state index in [0.29, 0.717) is 22.6 Å². The van der Waals surface area contributed by atoms with Crippen LogP contribution in [0.1, 0.15) is 27.3 Å². The van der Waals surface area contributed by atoms with Crippen LogP contribution in [0.4, 0.5) is 14.5 Å². The van der Waals surface area contributed by atoms with Crippen LogP contribution in [-0.4, -0.2) is 45.2 Å². The molecule has 1 N–H and O–H groups in total. The Morgan fingerprint density at radius 2 is 1.90 bits per heavy atom. The summed E-state index contributed by atoms with van der Waals surface area (Å²) in [6.07, 6.45) is 0. The van der Waals surface area contributed by atoms with Crippen LogP contribution in [0.15, 0.2) is 42.5 Å². The van der Waals surface area contributed by atoms with Crippen LogP contribution in [0.3, 0.4) is 0 Å². The van der Waals surface area contributed by atoms with Crippen LogP contribution in [0.2, 0.25) is 0 Å². The molecule has 1 aliphatic heterocycles. The summed E-state index contributed by atoms with van der Waals surface area (Å²) >= 11 is 1.97. The molecule has 1 amide bonds. The molecule has 0 radical (unpaired) electrons. The average molecular weight is 443 g/mol. The second-order valence-corrected chi connectivity index (χ2v) is 8.82. The summed E-state index contributed by atoms with van der Waals surface area (Å²) in [6, 6.07) is 11.1. The van der Waals surface area contributed by atoms with Gasteiger partial charge >= 0.3 is 0 Å². The molecular weight excluding hydrogens is 418 g/mol. The lowest BCUT2D eigenvalue weighted by molar-refractivity contribution is 0.102. The van der Waals surface area contributed by atoms with Gasteiger partial charge in [-0.1, -0.05) is 12.1 Å². The van der Waals surface area contributed by atoms with Gasteiger partial charge in [-0.25, -0.2) is 13.5 Å². The number of rotatable bonds is 5. The number of benzene rings is 2. The zero-order valence-electron chi connectivity index (χ0n) is 17.5. The number of carbonyl (C=O) groups is 1. The molecule has 0 bridgehead atoms. The van der Waals surface area contributed by atoms with Crippen molar-refractivity contribution in [2.75, 3.05) is 29.9 Å². The third kappa shape index (κ3) is 4.80. The number of hydrogen-bond donors (Lipinski definition) is 1. The van der Waals surface area contributed by atoms with Crippen molar-refractivity contribution < 1.29 is 13.6 Å². The van der Waals surface area contributed by atoms with Crippen LogP contribution in [-0.2, 0) is 6.54 Å².